The first-order chi connectivity index (χ1) is 10.2. The standard InChI is InChI=1S/C17H17N3S/c1-11-12(2)19-20-17(16(11)10-18)21-15-8-7-13-5-3-4-6-14(13)9-15/h3-9H,10,18H2,1-2H3. The highest BCUT2D eigenvalue weighted by molar-refractivity contribution is 7.99. The van der Waals surface area contributed by atoms with Crippen LogP contribution in [0.3, 0.4) is 0 Å². The highest BCUT2D eigenvalue weighted by Gasteiger charge is 2.11. The maximum atomic E-state index is 5.88. The lowest BCUT2D eigenvalue weighted by atomic mass is 10.1. The first kappa shape index (κ1) is 14.0. The first-order valence-corrected chi connectivity index (χ1v) is 7.70. The van der Waals surface area contributed by atoms with Gasteiger partial charge in [-0.25, -0.2) is 0 Å². The fourth-order valence-electron chi connectivity index (χ4n) is 2.30. The molecule has 0 radical (unpaired) electrons. The number of hydrogen-bond donors (Lipinski definition) is 1. The molecule has 4 heteroatoms. The monoisotopic (exact) mass is 295 g/mol. The van der Waals surface area contributed by atoms with Crippen molar-refractivity contribution < 1.29 is 0 Å². The minimum atomic E-state index is 0.484. The summed E-state index contributed by atoms with van der Waals surface area (Å²) < 4.78 is 0. The molecule has 0 aliphatic rings. The lowest BCUT2D eigenvalue weighted by Crippen LogP contribution is -2.06. The van der Waals surface area contributed by atoms with Gasteiger partial charge in [0.2, 0.25) is 0 Å². The van der Waals surface area contributed by atoms with Crippen molar-refractivity contribution in [1.82, 2.24) is 10.2 Å². The van der Waals surface area contributed by atoms with E-state index in [-0.39, 0.29) is 0 Å². The molecule has 0 spiro atoms. The van der Waals surface area contributed by atoms with E-state index in [4.69, 9.17) is 5.73 Å². The maximum absolute atomic E-state index is 5.88. The van der Waals surface area contributed by atoms with Crippen molar-refractivity contribution in [2.24, 2.45) is 5.73 Å². The van der Waals surface area contributed by atoms with E-state index in [1.807, 2.05) is 6.92 Å². The molecule has 0 saturated heterocycles. The summed E-state index contributed by atoms with van der Waals surface area (Å²) in [6.45, 7) is 4.50. The van der Waals surface area contributed by atoms with E-state index in [1.54, 1.807) is 11.8 Å². The van der Waals surface area contributed by atoms with Crippen molar-refractivity contribution >= 4 is 22.5 Å². The number of rotatable bonds is 3. The summed E-state index contributed by atoms with van der Waals surface area (Å²) in [4.78, 5) is 1.15. The highest BCUT2D eigenvalue weighted by Crippen LogP contribution is 2.32. The quantitative estimate of drug-likeness (QED) is 0.797. The third kappa shape index (κ3) is 2.77. The van der Waals surface area contributed by atoms with Crippen LogP contribution in [-0.2, 0) is 6.54 Å². The Bertz CT molecular complexity index is 799. The summed E-state index contributed by atoms with van der Waals surface area (Å²) in [6.07, 6.45) is 0. The molecule has 2 N–H and O–H groups in total. The normalized spacial score (nSPS) is 11.0. The molecule has 0 aliphatic heterocycles. The molecule has 0 bridgehead atoms. The van der Waals surface area contributed by atoms with Crippen molar-refractivity contribution in [1.29, 1.82) is 0 Å². The third-order valence-electron chi connectivity index (χ3n) is 3.68. The zero-order valence-corrected chi connectivity index (χ0v) is 12.9. The molecule has 0 saturated carbocycles. The number of fused-ring (bicyclic) bond motifs is 1. The molecule has 3 rings (SSSR count). The number of nitrogens with zero attached hydrogens (tertiary/aromatic N) is 2. The summed E-state index contributed by atoms with van der Waals surface area (Å²) in [5.74, 6) is 0. The van der Waals surface area contributed by atoms with Crippen molar-refractivity contribution in [3.05, 3.63) is 59.3 Å². The van der Waals surface area contributed by atoms with Gasteiger partial charge >= 0.3 is 0 Å². The summed E-state index contributed by atoms with van der Waals surface area (Å²) >= 11 is 1.62. The van der Waals surface area contributed by atoms with Crippen molar-refractivity contribution in [2.45, 2.75) is 30.3 Å². The molecule has 1 aromatic heterocycles. The van der Waals surface area contributed by atoms with Crippen LogP contribution >= 0.6 is 11.8 Å². The fraction of sp³-hybridized carbons (Fsp3) is 0.176. The van der Waals surface area contributed by atoms with Crippen LogP contribution in [0.2, 0.25) is 0 Å². The second kappa shape index (κ2) is 5.84. The van der Waals surface area contributed by atoms with Gasteiger partial charge in [-0.2, -0.15) is 5.10 Å². The van der Waals surface area contributed by atoms with E-state index >= 15 is 0 Å². The van der Waals surface area contributed by atoms with Gasteiger partial charge in [-0.05, 0) is 42.3 Å². The Kier molecular flexibility index (Phi) is 3.90. The molecule has 0 amide bonds. The number of nitrogens with two attached hydrogens (primary N) is 1. The lowest BCUT2D eigenvalue weighted by molar-refractivity contribution is 0.825. The van der Waals surface area contributed by atoms with Gasteiger partial charge in [-0.1, -0.05) is 42.1 Å². The molecule has 2 aromatic carbocycles. The molecule has 21 heavy (non-hydrogen) atoms. The molecule has 3 nitrogen and oxygen atoms in total. The van der Waals surface area contributed by atoms with Gasteiger partial charge in [0.1, 0.15) is 5.03 Å². The Hall–Kier alpha value is -1.91. The third-order valence-corrected chi connectivity index (χ3v) is 4.69. The van der Waals surface area contributed by atoms with Gasteiger partial charge in [0.05, 0.1) is 5.69 Å². The van der Waals surface area contributed by atoms with E-state index in [9.17, 15) is 0 Å². The zero-order valence-electron chi connectivity index (χ0n) is 12.1. The molecular formula is C17H17N3S. The number of aromatic nitrogens is 2. The molecule has 106 valence electrons. The number of benzene rings is 2. The van der Waals surface area contributed by atoms with Crippen molar-refractivity contribution in [3.63, 3.8) is 0 Å². The van der Waals surface area contributed by atoms with Crippen LogP contribution < -0.4 is 5.73 Å². The minimum Gasteiger partial charge on any atom is -0.326 e. The largest absolute Gasteiger partial charge is 0.326 e. The number of aryl methyl sites for hydroxylation is 1. The molecule has 0 unspecified atom stereocenters. The Morgan fingerprint density at radius 3 is 2.52 bits per heavy atom. The van der Waals surface area contributed by atoms with Crippen LogP contribution in [0.1, 0.15) is 16.8 Å². The Labute approximate surface area is 128 Å². The van der Waals surface area contributed by atoms with E-state index in [0.29, 0.717) is 6.54 Å². The Balaban J connectivity index is 2.00. The van der Waals surface area contributed by atoms with Crippen LogP contribution in [0.25, 0.3) is 10.8 Å². The van der Waals surface area contributed by atoms with Crippen LogP contribution in [0.5, 0.6) is 0 Å². The molecule has 0 aliphatic carbocycles. The molecule has 0 fully saturated rings. The SMILES string of the molecule is Cc1nnc(Sc2ccc3ccccc3c2)c(CN)c1C. The fourth-order valence-corrected chi connectivity index (χ4v) is 3.29. The summed E-state index contributed by atoms with van der Waals surface area (Å²) in [7, 11) is 0. The average Bonchev–Trinajstić information content (AvgIpc) is 2.51. The summed E-state index contributed by atoms with van der Waals surface area (Å²) in [6, 6.07) is 14.8. The Morgan fingerprint density at radius 2 is 1.76 bits per heavy atom. The first-order valence-electron chi connectivity index (χ1n) is 6.88. The molecular weight excluding hydrogens is 278 g/mol. The second-order valence-electron chi connectivity index (χ2n) is 5.01. The molecule has 3 aromatic rings. The van der Waals surface area contributed by atoms with Crippen LogP contribution in [0.4, 0.5) is 0 Å². The van der Waals surface area contributed by atoms with E-state index < -0.39 is 0 Å². The Morgan fingerprint density at radius 1 is 1.00 bits per heavy atom. The second-order valence-corrected chi connectivity index (χ2v) is 6.07. The average molecular weight is 295 g/mol. The highest BCUT2D eigenvalue weighted by atomic mass is 32.2. The molecule has 0 atom stereocenters. The van der Waals surface area contributed by atoms with Gasteiger partial charge in [0.25, 0.3) is 0 Å². The summed E-state index contributed by atoms with van der Waals surface area (Å²) in [5, 5.41) is 11.9. The van der Waals surface area contributed by atoms with Crippen LogP contribution in [0, 0.1) is 13.8 Å². The van der Waals surface area contributed by atoms with Gasteiger partial charge in [-0.15, -0.1) is 5.10 Å². The molecule has 1 heterocycles. The van der Waals surface area contributed by atoms with Crippen LogP contribution in [0.15, 0.2) is 52.4 Å². The van der Waals surface area contributed by atoms with Crippen LogP contribution in [-0.4, -0.2) is 10.2 Å². The van der Waals surface area contributed by atoms with E-state index in [2.05, 4.69) is 59.6 Å². The van der Waals surface area contributed by atoms with Gasteiger partial charge in [0.15, 0.2) is 0 Å². The predicted octanol–water partition coefficient (Wildman–Crippen LogP) is 3.86. The lowest BCUT2D eigenvalue weighted by Gasteiger charge is -2.11. The van der Waals surface area contributed by atoms with E-state index in [1.165, 1.54) is 10.8 Å². The number of hydrogen-bond acceptors (Lipinski definition) is 4. The maximum Gasteiger partial charge on any atom is 0.128 e. The minimum absolute atomic E-state index is 0.484. The summed E-state index contributed by atoms with van der Waals surface area (Å²) in [5.41, 5.74) is 9.05. The van der Waals surface area contributed by atoms with Crippen molar-refractivity contribution in [3.8, 4) is 0 Å². The van der Waals surface area contributed by atoms with Gasteiger partial charge < -0.3 is 5.73 Å². The van der Waals surface area contributed by atoms with E-state index in [0.717, 1.165) is 26.7 Å². The zero-order chi connectivity index (χ0) is 14.8. The van der Waals surface area contributed by atoms with Crippen molar-refractivity contribution in [2.75, 3.05) is 0 Å². The smallest absolute Gasteiger partial charge is 0.128 e. The van der Waals surface area contributed by atoms with Gasteiger partial charge in [0, 0.05) is 17.0 Å². The van der Waals surface area contributed by atoms with Gasteiger partial charge in [-0.3, -0.25) is 0 Å². The predicted molar refractivity (Wildman–Crippen MR) is 87.5 cm³/mol. The topological polar surface area (TPSA) is 51.8 Å².